The standard InChI is InChI=1S/C31H39N5O3/c1-5-17-36-27-12-11-26(20-28(27)35(4)29(37)31(2,3)30(36)38)39-18-7-15-33-22-24-13-16-34-25(19-24)10-9-23-8-6-14-32-21-23/h6,8,11-14,16,19-21,33H,5,7,9-10,15,17-18,22H2,1-4H3. The van der Waals surface area contributed by atoms with Crippen LogP contribution in [0.5, 0.6) is 5.75 Å². The van der Waals surface area contributed by atoms with Crippen LogP contribution in [0.1, 0.15) is 50.4 Å². The maximum Gasteiger partial charge on any atom is 0.242 e. The third kappa shape index (κ3) is 6.81. The van der Waals surface area contributed by atoms with Gasteiger partial charge in [0, 0.05) is 50.5 Å². The summed E-state index contributed by atoms with van der Waals surface area (Å²) in [5, 5.41) is 3.48. The van der Waals surface area contributed by atoms with E-state index in [9.17, 15) is 9.59 Å². The third-order valence-corrected chi connectivity index (χ3v) is 7.03. The Labute approximate surface area is 231 Å². The lowest BCUT2D eigenvalue weighted by atomic mass is 9.90. The van der Waals surface area contributed by atoms with Crippen LogP contribution in [0.25, 0.3) is 0 Å². The normalized spacial score (nSPS) is 14.8. The molecule has 2 amide bonds. The van der Waals surface area contributed by atoms with E-state index >= 15 is 0 Å². The molecule has 1 N–H and O–H groups in total. The first-order chi connectivity index (χ1) is 18.8. The SMILES string of the molecule is CCCN1C(=O)C(C)(C)C(=O)N(C)c2cc(OCCCNCc3ccnc(CCc4cccnc4)c3)ccc21. The Kier molecular flexibility index (Phi) is 9.30. The van der Waals surface area contributed by atoms with E-state index in [1.807, 2.05) is 49.6 Å². The number of hydrogen-bond acceptors (Lipinski definition) is 6. The number of carbonyl (C=O) groups is 2. The van der Waals surface area contributed by atoms with E-state index in [1.54, 1.807) is 36.9 Å². The van der Waals surface area contributed by atoms with Gasteiger partial charge in [-0.2, -0.15) is 0 Å². The van der Waals surface area contributed by atoms with E-state index in [1.165, 1.54) is 11.1 Å². The molecule has 0 saturated heterocycles. The number of carbonyl (C=O) groups excluding carboxylic acids is 2. The van der Waals surface area contributed by atoms with Gasteiger partial charge < -0.3 is 19.9 Å². The molecule has 2 aromatic heterocycles. The Morgan fingerprint density at radius 2 is 1.82 bits per heavy atom. The number of aryl methyl sites for hydroxylation is 2. The van der Waals surface area contributed by atoms with Crippen molar-refractivity contribution in [3.05, 3.63) is 77.9 Å². The zero-order valence-electron chi connectivity index (χ0n) is 23.4. The topological polar surface area (TPSA) is 87.7 Å². The molecule has 8 heteroatoms. The summed E-state index contributed by atoms with van der Waals surface area (Å²) in [5.41, 5.74) is 3.82. The number of amides is 2. The van der Waals surface area contributed by atoms with Gasteiger partial charge in [-0.1, -0.05) is 13.0 Å². The number of anilines is 2. The first-order valence-corrected chi connectivity index (χ1v) is 13.7. The Balaban J connectivity index is 1.27. The zero-order chi connectivity index (χ0) is 27.8. The number of ether oxygens (including phenoxy) is 1. The fourth-order valence-electron chi connectivity index (χ4n) is 4.82. The van der Waals surface area contributed by atoms with Gasteiger partial charge in [0.05, 0.1) is 18.0 Å². The number of nitrogens with zero attached hydrogens (tertiary/aromatic N) is 4. The summed E-state index contributed by atoms with van der Waals surface area (Å²) in [5.74, 6) is 0.295. The molecule has 0 aliphatic carbocycles. The summed E-state index contributed by atoms with van der Waals surface area (Å²) in [6.07, 6.45) is 9.01. The Morgan fingerprint density at radius 3 is 2.59 bits per heavy atom. The smallest absolute Gasteiger partial charge is 0.242 e. The van der Waals surface area contributed by atoms with Crippen molar-refractivity contribution in [2.75, 3.05) is 36.5 Å². The van der Waals surface area contributed by atoms with Gasteiger partial charge in [-0.05, 0) is 87.5 Å². The zero-order valence-corrected chi connectivity index (χ0v) is 23.4. The van der Waals surface area contributed by atoms with Crippen molar-refractivity contribution in [2.45, 2.75) is 53.0 Å². The average Bonchev–Trinajstić information content (AvgIpc) is 3.00. The summed E-state index contributed by atoms with van der Waals surface area (Å²) in [6.45, 7) is 8.10. The molecule has 0 radical (unpaired) electrons. The van der Waals surface area contributed by atoms with Crippen LogP contribution in [0.4, 0.5) is 11.4 Å². The fourth-order valence-corrected chi connectivity index (χ4v) is 4.82. The van der Waals surface area contributed by atoms with Gasteiger partial charge in [0.15, 0.2) is 0 Å². The second kappa shape index (κ2) is 12.8. The molecule has 39 heavy (non-hydrogen) atoms. The summed E-state index contributed by atoms with van der Waals surface area (Å²) in [7, 11) is 1.72. The molecule has 206 valence electrons. The van der Waals surface area contributed by atoms with E-state index in [0.29, 0.717) is 24.6 Å². The number of hydrogen-bond donors (Lipinski definition) is 1. The summed E-state index contributed by atoms with van der Waals surface area (Å²) in [6, 6.07) is 13.9. The predicted molar refractivity (Wildman–Crippen MR) is 154 cm³/mol. The van der Waals surface area contributed by atoms with Gasteiger partial charge in [-0.3, -0.25) is 19.6 Å². The number of fused-ring (bicyclic) bond motifs is 1. The van der Waals surface area contributed by atoms with Crippen molar-refractivity contribution in [2.24, 2.45) is 5.41 Å². The van der Waals surface area contributed by atoms with Gasteiger partial charge >= 0.3 is 0 Å². The molecule has 1 aliphatic heterocycles. The van der Waals surface area contributed by atoms with Crippen molar-refractivity contribution < 1.29 is 14.3 Å². The van der Waals surface area contributed by atoms with Crippen molar-refractivity contribution in [3.8, 4) is 5.75 Å². The van der Waals surface area contributed by atoms with Crippen LogP contribution in [-0.2, 0) is 29.0 Å². The second-order valence-corrected chi connectivity index (χ2v) is 10.5. The quantitative estimate of drug-likeness (QED) is 0.273. The molecule has 4 rings (SSSR count). The molecular formula is C31H39N5O3. The largest absolute Gasteiger partial charge is 0.493 e. The number of nitrogens with one attached hydrogen (secondary N) is 1. The van der Waals surface area contributed by atoms with Crippen LogP contribution in [0.2, 0.25) is 0 Å². The molecule has 0 atom stereocenters. The van der Waals surface area contributed by atoms with Gasteiger partial charge in [-0.25, -0.2) is 0 Å². The van der Waals surface area contributed by atoms with Crippen LogP contribution in [0.15, 0.2) is 61.1 Å². The molecule has 3 heterocycles. The molecule has 0 saturated carbocycles. The summed E-state index contributed by atoms with van der Waals surface area (Å²) < 4.78 is 6.02. The van der Waals surface area contributed by atoms with Crippen LogP contribution in [-0.4, -0.2) is 48.5 Å². The second-order valence-electron chi connectivity index (χ2n) is 10.5. The lowest BCUT2D eigenvalue weighted by molar-refractivity contribution is -0.137. The minimum absolute atomic E-state index is 0.172. The molecule has 0 unspecified atom stereocenters. The lowest BCUT2D eigenvalue weighted by Crippen LogP contribution is -2.47. The Morgan fingerprint density at radius 1 is 0.974 bits per heavy atom. The van der Waals surface area contributed by atoms with Crippen LogP contribution in [0, 0.1) is 5.41 Å². The number of rotatable bonds is 12. The highest BCUT2D eigenvalue weighted by molar-refractivity contribution is 6.20. The minimum atomic E-state index is -1.12. The van der Waals surface area contributed by atoms with Gasteiger partial charge in [0.1, 0.15) is 11.2 Å². The average molecular weight is 530 g/mol. The number of benzene rings is 1. The Hall–Kier alpha value is -3.78. The minimum Gasteiger partial charge on any atom is -0.493 e. The maximum atomic E-state index is 13.2. The van der Waals surface area contributed by atoms with Crippen LogP contribution >= 0.6 is 0 Å². The van der Waals surface area contributed by atoms with E-state index < -0.39 is 5.41 Å². The Bertz CT molecular complexity index is 1280. The van der Waals surface area contributed by atoms with Crippen molar-refractivity contribution >= 4 is 23.2 Å². The monoisotopic (exact) mass is 529 g/mol. The highest BCUT2D eigenvalue weighted by atomic mass is 16.5. The first kappa shape index (κ1) is 28.2. The third-order valence-electron chi connectivity index (χ3n) is 7.03. The van der Waals surface area contributed by atoms with Crippen molar-refractivity contribution in [1.82, 2.24) is 15.3 Å². The van der Waals surface area contributed by atoms with Crippen LogP contribution in [0.3, 0.4) is 0 Å². The molecule has 8 nitrogen and oxygen atoms in total. The molecule has 0 spiro atoms. The first-order valence-electron chi connectivity index (χ1n) is 13.7. The fraction of sp³-hybridized carbons (Fsp3) is 0.419. The lowest BCUT2D eigenvalue weighted by Gasteiger charge is -2.27. The predicted octanol–water partition coefficient (Wildman–Crippen LogP) is 4.57. The summed E-state index contributed by atoms with van der Waals surface area (Å²) in [4.78, 5) is 38.3. The molecular weight excluding hydrogens is 490 g/mol. The highest BCUT2D eigenvalue weighted by Crippen LogP contribution is 2.40. The number of pyridine rings is 2. The van der Waals surface area contributed by atoms with E-state index in [4.69, 9.17) is 4.74 Å². The van der Waals surface area contributed by atoms with Gasteiger partial charge in [0.25, 0.3) is 0 Å². The molecule has 1 aliphatic rings. The van der Waals surface area contributed by atoms with Crippen molar-refractivity contribution in [3.63, 3.8) is 0 Å². The molecule has 1 aromatic carbocycles. The van der Waals surface area contributed by atoms with Gasteiger partial charge in [-0.15, -0.1) is 0 Å². The number of aromatic nitrogens is 2. The van der Waals surface area contributed by atoms with E-state index in [0.717, 1.165) is 50.2 Å². The molecule has 0 bridgehead atoms. The van der Waals surface area contributed by atoms with Crippen LogP contribution < -0.4 is 19.9 Å². The van der Waals surface area contributed by atoms with E-state index in [2.05, 4.69) is 27.4 Å². The van der Waals surface area contributed by atoms with Crippen molar-refractivity contribution in [1.29, 1.82) is 0 Å². The maximum absolute atomic E-state index is 13.2. The van der Waals surface area contributed by atoms with E-state index in [-0.39, 0.29) is 11.8 Å². The van der Waals surface area contributed by atoms with Gasteiger partial charge in [0.2, 0.25) is 11.8 Å². The molecule has 0 fully saturated rings. The molecule has 3 aromatic rings. The highest BCUT2D eigenvalue weighted by Gasteiger charge is 2.45. The summed E-state index contributed by atoms with van der Waals surface area (Å²) >= 11 is 0.